The smallest absolute Gasteiger partial charge is 0.252 e. The van der Waals surface area contributed by atoms with Gasteiger partial charge in [-0.2, -0.15) is 4.31 Å². The average molecular weight is 274 g/mol. The van der Waals surface area contributed by atoms with Gasteiger partial charge in [-0.3, -0.25) is 0 Å². The fourth-order valence-electron chi connectivity index (χ4n) is 1.38. The Morgan fingerprint density at radius 2 is 2.18 bits per heavy atom. The van der Waals surface area contributed by atoms with Crippen LogP contribution < -0.4 is 5.32 Å². The summed E-state index contributed by atoms with van der Waals surface area (Å²) in [6.07, 6.45) is 0. The number of hydrogen-bond acceptors (Lipinski definition) is 4. The number of nitrogens with zero attached hydrogens (tertiary/aromatic N) is 1. The molecule has 0 aromatic carbocycles. The summed E-state index contributed by atoms with van der Waals surface area (Å²) in [5.74, 6) is 0. The van der Waals surface area contributed by atoms with Crippen molar-refractivity contribution in [3.8, 4) is 0 Å². The molecule has 0 atom stereocenters. The summed E-state index contributed by atoms with van der Waals surface area (Å²) in [4.78, 5) is 1.01. The number of likely N-dealkylation sites (N-methyl/N-ethyl adjacent to an activating group) is 1. The Bertz CT molecular complexity index is 491. The minimum Gasteiger partial charge on any atom is -0.315 e. The molecule has 0 unspecified atom stereocenters. The molecule has 0 amide bonds. The summed E-state index contributed by atoms with van der Waals surface area (Å²) in [5, 5.41) is 3.00. The number of nitrogens with one attached hydrogen (secondary N) is 1. The number of sulfonamides is 1. The van der Waals surface area contributed by atoms with E-state index < -0.39 is 10.0 Å². The zero-order valence-electron chi connectivity index (χ0n) is 10.4. The standard InChI is InChI=1S/C11H18N2O2S2/c1-9(2)8-13(4)17(14,15)11-6-5-10(16-11)7-12-3/h5-6,12H,1,7-8H2,2-4H3. The summed E-state index contributed by atoms with van der Waals surface area (Å²) in [6.45, 7) is 6.57. The highest BCUT2D eigenvalue weighted by molar-refractivity contribution is 7.91. The molecular weight excluding hydrogens is 256 g/mol. The SMILES string of the molecule is C=C(C)CN(C)S(=O)(=O)c1ccc(CNC)s1. The van der Waals surface area contributed by atoms with Crippen molar-refractivity contribution in [2.75, 3.05) is 20.6 Å². The van der Waals surface area contributed by atoms with E-state index in [4.69, 9.17) is 0 Å². The molecule has 0 spiro atoms. The largest absolute Gasteiger partial charge is 0.315 e. The first kappa shape index (κ1) is 14.4. The number of thiophene rings is 1. The van der Waals surface area contributed by atoms with Crippen LogP contribution in [0.1, 0.15) is 11.8 Å². The molecule has 6 heteroatoms. The van der Waals surface area contributed by atoms with E-state index >= 15 is 0 Å². The van der Waals surface area contributed by atoms with Gasteiger partial charge in [0.2, 0.25) is 0 Å². The quantitative estimate of drug-likeness (QED) is 0.803. The Morgan fingerprint density at radius 3 is 2.71 bits per heavy atom. The lowest BCUT2D eigenvalue weighted by molar-refractivity contribution is 0.495. The van der Waals surface area contributed by atoms with Crippen molar-refractivity contribution < 1.29 is 8.42 Å². The lowest BCUT2D eigenvalue weighted by Crippen LogP contribution is -2.27. The van der Waals surface area contributed by atoms with Crippen molar-refractivity contribution in [1.82, 2.24) is 9.62 Å². The second kappa shape index (κ2) is 5.77. The molecule has 1 aromatic rings. The van der Waals surface area contributed by atoms with Gasteiger partial charge in [0.05, 0.1) is 0 Å². The highest BCUT2D eigenvalue weighted by atomic mass is 32.2. The molecule has 0 saturated carbocycles. The molecule has 1 aromatic heterocycles. The molecule has 1 N–H and O–H groups in total. The van der Waals surface area contributed by atoms with Crippen LogP contribution in [0.25, 0.3) is 0 Å². The Morgan fingerprint density at radius 1 is 1.53 bits per heavy atom. The van der Waals surface area contributed by atoms with E-state index in [1.165, 1.54) is 15.6 Å². The maximum Gasteiger partial charge on any atom is 0.252 e. The molecule has 4 nitrogen and oxygen atoms in total. The molecule has 0 aliphatic rings. The minimum absolute atomic E-state index is 0.349. The summed E-state index contributed by atoms with van der Waals surface area (Å²) >= 11 is 1.30. The maximum atomic E-state index is 12.2. The van der Waals surface area contributed by atoms with Crippen LogP contribution in [0, 0.1) is 0 Å². The van der Waals surface area contributed by atoms with E-state index in [9.17, 15) is 8.42 Å². The Labute approximate surface area is 107 Å². The highest BCUT2D eigenvalue weighted by Crippen LogP contribution is 2.24. The fraction of sp³-hybridized carbons (Fsp3) is 0.455. The molecule has 0 bridgehead atoms. The number of rotatable bonds is 6. The van der Waals surface area contributed by atoms with Crippen molar-refractivity contribution in [2.45, 2.75) is 17.7 Å². The lowest BCUT2D eigenvalue weighted by atomic mass is 10.4. The summed E-state index contributed by atoms with van der Waals surface area (Å²) < 4.78 is 26.0. The van der Waals surface area contributed by atoms with Gasteiger partial charge < -0.3 is 5.32 Å². The van der Waals surface area contributed by atoms with Gasteiger partial charge in [-0.15, -0.1) is 11.3 Å². The van der Waals surface area contributed by atoms with Gasteiger partial charge in [-0.1, -0.05) is 12.2 Å². The van der Waals surface area contributed by atoms with E-state index in [-0.39, 0.29) is 0 Å². The van der Waals surface area contributed by atoms with Gasteiger partial charge >= 0.3 is 0 Å². The second-order valence-corrected chi connectivity index (χ2v) is 7.41. The second-order valence-electron chi connectivity index (χ2n) is 3.97. The highest BCUT2D eigenvalue weighted by Gasteiger charge is 2.22. The molecule has 0 saturated heterocycles. The normalized spacial score (nSPS) is 12.0. The van der Waals surface area contributed by atoms with Crippen LogP contribution in [-0.2, 0) is 16.6 Å². The third kappa shape index (κ3) is 3.64. The average Bonchev–Trinajstić information content (AvgIpc) is 2.66. The molecule has 96 valence electrons. The van der Waals surface area contributed by atoms with E-state index in [0.29, 0.717) is 17.3 Å². The van der Waals surface area contributed by atoms with Crippen LogP contribution in [0.15, 0.2) is 28.5 Å². The molecule has 1 heterocycles. The van der Waals surface area contributed by atoms with Crippen molar-refractivity contribution in [2.24, 2.45) is 0 Å². The molecule has 0 aliphatic carbocycles. The zero-order valence-corrected chi connectivity index (χ0v) is 12.0. The van der Waals surface area contributed by atoms with Crippen LogP contribution in [0.3, 0.4) is 0 Å². The molecule has 0 aliphatic heterocycles. The zero-order chi connectivity index (χ0) is 13.1. The first-order chi connectivity index (χ1) is 7.87. The van der Waals surface area contributed by atoms with Crippen LogP contribution >= 0.6 is 11.3 Å². The van der Waals surface area contributed by atoms with Crippen LogP contribution in [-0.4, -0.2) is 33.4 Å². The van der Waals surface area contributed by atoms with Crippen molar-refractivity contribution in [3.63, 3.8) is 0 Å². The van der Waals surface area contributed by atoms with E-state index in [1.807, 2.05) is 20.0 Å². The van der Waals surface area contributed by atoms with Gasteiger partial charge in [-0.05, 0) is 26.1 Å². The van der Waals surface area contributed by atoms with E-state index in [0.717, 1.165) is 10.5 Å². The monoisotopic (exact) mass is 274 g/mol. The number of hydrogen-bond donors (Lipinski definition) is 1. The van der Waals surface area contributed by atoms with E-state index in [1.54, 1.807) is 13.1 Å². The van der Waals surface area contributed by atoms with Gasteiger partial charge in [0.15, 0.2) is 0 Å². The van der Waals surface area contributed by atoms with Gasteiger partial charge in [-0.25, -0.2) is 8.42 Å². The lowest BCUT2D eigenvalue weighted by Gasteiger charge is -2.15. The maximum absolute atomic E-state index is 12.2. The van der Waals surface area contributed by atoms with Gasteiger partial charge in [0.25, 0.3) is 10.0 Å². The van der Waals surface area contributed by atoms with Crippen molar-refractivity contribution in [3.05, 3.63) is 29.2 Å². The van der Waals surface area contributed by atoms with Gasteiger partial charge in [0.1, 0.15) is 4.21 Å². The topological polar surface area (TPSA) is 49.4 Å². The Kier molecular flexibility index (Phi) is 4.88. The van der Waals surface area contributed by atoms with Gasteiger partial charge in [0, 0.05) is 25.0 Å². The van der Waals surface area contributed by atoms with Crippen molar-refractivity contribution >= 4 is 21.4 Å². The Hall–Kier alpha value is -0.690. The minimum atomic E-state index is -3.37. The summed E-state index contributed by atoms with van der Waals surface area (Å²) in [6, 6.07) is 3.49. The van der Waals surface area contributed by atoms with Crippen LogP contribution in [0.5, 0.6) is 0 Å². The van der Waals surface area contributed by atoms with E-state index in [2.05, 4.69) is 11.9 Å². The third-order valence-electron chi connectivity index (χ3n) is 2.15. The summed E-state index contributed by atoms with van der Waals surface area (Å²) in [5.41, 5.74) is 0.822. The third-order valence-corrected chi connectivity index (χ3v) is 5.50. The molecule has 1 rings (SSSR count). The molecule has 0 radical (unpaired) electrons. The van der Waals surface area contributed by atoms with Crippen molar-refractivity contribution in [1.29, 1.82) is 0 Å². The Balaban J connectivity index is 2.92. The molecule has 17 heavy (non-hydrogen) atoms. The summed E-state index contributed by atoms with van der Waals surface area (Å²) in [7, 11) is 0.0370. The van der Waals surface area contributed by atoms with Crippen LogP contribution in [0.4, 0.5) is 0 Å². The first-order valence-electron chi connectivity index (χ1n) is 5.22. The predicted molar refractivity (Wildman–Crippen MR) is 71.7 cm³/mol. The van der Waals surface area contributed by atoms with Crippen LogP contribution in [0.2, 0.25) is 0 Å². The molecular formula is C11H18N2O2S2. The first-order valence-corrected chi connectivity index (χ1v) is 7.47. The molecule has 0 fully saturated rings. The fourth-order valence-corrected chi connectivity index (χ4v) is 4.19. The predicted octanol–water partition coefficient (Wildman–Crippen LogP) is 1.66.